The third kappa shape index (κ3) is 4.70. The number of benzene rings is 3. The summed E-state index contributed by atoms with van der Waals surface area (Å²) in [6.07, 6.45) is 1.56. The van der Waals surface area contributed by atoms with Crippen molar-refractivity contribution in [2.24, 2.45) is 0 Å². The van der Waals surface area contributed by atoms with Gasteiger partial charge in [-0.25, -0.2) is 9.37 Å². The van der Waals surface area contributed by atoms with E-state index in [2.05, 4.69) is 4.98 Å². The minimum absolute atomic E-state index is 0.0711. The van der Waals surface area contributed by atoms with Gasteiger partial charge in [-0.3, -0.25) is 9.59 Å². The molecule has 5 rings (SSSR count). The van der Waals surface area contributed by atoms with Gasteiger partial charge < -0.3 is 19.0 Å². The molecule has 3 aromatic carbocycles. The van der Waals surface area contributed by atoms with Gasteiger partial charge in [-0.1, -0.05) is 12.1 Å². The Hall–Kier alpha value is -4.46. The number of ether oxygens (including phenoxy) is 1. The van der Waals surface area contributed by atoms with Gasteiger partial charge in [0, 0.05) is 42.9 Å². The Morgan fingerprint density at radius 1 is 0.861 bits per heavy atom. The summed E-state index contributed by atoms with van der Waals surface area (Å²) in [6.45, 7) is 1.71. The Morgan fingerprint density at radius 2 is 1.50 bits per heavy atom. The normalized spacial score (nSPS) is 13.5. The molecular formula is C28H24FN3O4. The van der Waals surface area contributed by atoms with E-state index in [-0.39, 0.29) is 17.6 Å². The number of rotatable bonds is 5. The number of carbonyl (C=O) groups excluding carboxylic acids is 2. The molecule has 1 aromatic heterocycles. The SMILES string of the molecule is COc1ccc(C(=O)N2CCN(C(=O)c3ccccc3-c3ncc(-c4ccc(F)cc4)o3)CC2)cc1. The van der Waals surface area contributed by atoms with E-state index in [4.69, 9.17) is 9.15 Å². The molecule has 0 bridgehead atoms. The Kier molecular flexibility index (Phi) is 6.49. The molecule has 1 aliphatic rings. The summed E-state index contributed by atoms with van der Waals surface area (Å²) in [6, 6.07) is 20.1. The highest BCUT2D eigenvalue weighted by molar-refractivity contribution is 6.00. The van der Waals surface area contributed by atoms with Crippen molar-refractivity contribution in [3.63, 3.8) is 0 Å². The maximum Gasteiger partial charge on any atom is 0.254 e. The van der Waals surface area contributed by atoms with Crippen LogP contribution in [0.2, 0.25) is 0 Å². The van der Waals surface area contributed by atoms with Crippen molar-refractivity contribution >= 4 is 11.8 Å². The van der Waals surface area contributed by atoms with E-state index in [9.17, 15) is 14.0 Å². The molecule has 182 valence electrons. The third-order valence-corrected chi connectivity index (χ3v) is 6.21. The van der Waals surface area contributed by atoms with Crippen LogP contribution >= 0.6 is 0 Å². The predicted octanol–water partition coefficient (Wildman–Crippen LogP) is 4.75. The summed E-state index contributed by atoms with van der Waals surface area (Å²) in [7, 11) is 1.58. The predicted molar refractivity (Wildman–Crippen MR) is 132 cm³/mol. The van der Waals surface area contributed by atoms with E-state index in [0.717, 1.165) is 0 Å². The average Bonchev–Trinajstić information content (AvgIpc) is 3.43. The standard InChI is InChI=1S/C28H24FN3O4/c1-35-22-12-8-20(9-13-22)27(33)31-14-16-32(17-15-31)28(34)24-5-3-2-4-23(24)26-30-18-25(36-26)19-6-10-21(29)11-7-19/h2-13,18H,14-17H2,1H3. The number of piperazine rings is 1. The number of oxazole rings is 1. The lowest BCUT2D eigenvalue weighted by atomic mass is 10.1. The van der Waals surface area contributed by atoms with Crippen LogP contribution < -0.4 is 4.74 Å². The van der Waals surface area contributed by atoms with E-state index in [1.807, 2.05) is 6.07 Å². The number of nitrogens with zero attached hydrogens (tertiary/aromatic N) is 3. The molecule has 1 fully saturated rings. The molecule has 0 radical (unpaired) electrons. The Morgan fingerprint density at radius 3 is 2.17 bits per heavy atom. The van der Waals surface area contributed by atoms with Gasteiger partial charge in [-0.15, -0.1) is 0 Å². The topological polar surface area (TPSA) is 75.9 Å². The van der Waals surface area contributed by atoms with E-state index in [1.54, 1.807) is 77.7 Å². The molecule has 0 N–H and O–H groups in total. The van der Waals surface area contributed by atoms with E-state index >= 15 is 0 Å². The highest BCUT2D eigenvalue weighted by atomic mass is 19.1. The van der Waals surface area contributed by atoms with Crippen molar-refractivity contribution in [2.45, 2.75) is 0 Å². The molecule has 7 nitrogen and oxygen atoms in total. The van der Waals surface area contributed by atoms with Crippen LogP contribution in [-0.4, -0.2) is 59.9 Å². The lowest BCUT2D eigenvalue weighted by molar-refractivity contribution is 0.0536. The largest absolute Gasteiger partial charge is 0.497 e. The highest BCUT2D eigenvalue weighted by Gasteiger charge is 2.27. The molecule has 0 aliphatic carbocycles. The van der Waals surface area contributed by atoms with Crippen molar-refractivity contribution in [2.75, 3.05) is 33.3 Å². The molecule has 36 heavy (non-hydrogen) atoms. The smallest absolute Gasteiger partial charge is 0.254 e. The second kappa shape index (κ2) is 10.0. The van der Waals surface area contributed by atoms with Gasteiger partial charge in [0.25, 0.3) is 11.8 Å². The lowest BCUT2D eigenvalue weighted by Crippen LogP contribution is -2.50. The molecule has 0 atom stereocenters. The maximum absolute atomic E-state index is 13.4. The number of carbonyl (C=O) groups is 2. The van der Waals surface area contributed by atoms with Gasteiger partial charge in [0.2, 0.25) is 5.89 Å². The lowest BCUT2D eigenvalue weighted by Gasteiger charge is -2.35. The molecule has 8 heteroatoms. The second-order valence-corrected chi connectivity index (χ2v) is 8.40. The monoisotopic (exact) mass is 485 g/mol. The first kappa shape index (κ1) is 23.3. The number of methoxy groups -OCH3 is 1. The van der Waals surface area contributed by atoms with Gasteiger partial charge in [-0.05, 0) is 60.7 Å². The Bertz CT molecular complexity index is 1370. The summed E-state index contributed by atoms with van der Waals surface area (Å²) in [5.41, 5.74) is 2.32. The Balaban J connectivity index is 1.29. The van der Waals surface area contributed by atoms with Crippen molar-refractivity contribution in [1.82, 2.24) is 14.8 Å². The van der Waals surface area contributed by atoms with E-state index in [1.165, 1.54) is 12.1 Å². The number of aromatic nitrogens is 1. The number of hydrogen-bond acceptors (Lipinski definition) is 5. The molecular weight excluding hydrogens is 461 g/mol. The van der Waals surface area contributed by atoms with E-state index < -0.39 is 0 Å². The zero-order valence-corrected chi connectivity index (χ0v) is 19.7. The first-order chi connectivity index (χ1) is 17.5. The van der Waals surface area contributed by atoms with Crippen molar-refractivity contribution in [3.8, 4) is 28.5 Å². The summed E-state index contributed by atoms with van der Waals surface area (Å²) >= 11 is 0. The minimum Gasteiger partial charge on any atom is -0.497 e. The van der Waals surface area contributed by atoms with Crippen molar-refractivity contribution in [3.05, 3.63) is 95.9 Å². The van der Waals surface area contributed by atoms with Gasteiger partial charge >= 0.3 is 0 Å². The van der Waals surface area contributed by atoms with Gasteiger partial charge in [0.15, 0.2) is 5.76 Å². The minimum atomic E-state index is -0.333. The van der Waals surface area contributed by atoms with Crippen LogP contribution in [0.25, 0.3) is 22.8 Å². The molecule has 1 aliphatic heterocycles. The van der Waals surface area contributed by atoms with E-state index in [0.29, 0.717) is 65.8 Å². The number of halogens is 1. The number of amides is 2. The fourth-order valence-corrected chi connectivity index (χ4v) is 4.20. The summed E-state index contributed by atoms with van der Waals surface area (Å²) < 4.78 is 24.3. The Labute approximate surface area is 207 Å². The third-order valence-electron chi connectivity index (χ3n) is 6.21. The van der Waals surface area contributed by atoms with Gasteiger partial charge in [0.1, 0.15) is 11.6 Å². The van der Waals surface area contributed by atoms with Crippen LogP contribution in [0, 0.1) is 5.82 Å². The second-order valence-electron chi connectivity index (χ2n) is 8.40. The van der Waals surface area contributed by atoms with Crippen molar-refractivity contribution in [1.29, 1.82) is 0 Å². The molecule has 1 saturated heterocycles. The van der Waals surface area contributed by atoms with Crippen molar-refractivity contribution < 1.29 is 23.1 Å². The molecule has 0 saturated carbocycles. The van der Waals surface area contributed by atoms with Crippen LogP contribution in [0.4, 0.5) is 4.39 Å². The first-order valence-corrected chi connectivity index (χ1v) is 11.6. The van der Waals surface area contributed by atoms with Crippen LogP contribution in [0.15, 0.2) is 83.4 Å². The van der Waals surface area contributed by atoms with Gasteiger partial charge in [-0.2, -0.15) is 0 Å². The quantitative estimate of drug-likeness (QED) is 0.408. The molecule has 0 spiro atoms. The summed E-state index contributed by atoms with van der Waals surface area (Å²) in [5.74, 6) is 0.933. The number of hydrogen-bond donors (Lipinski definition) is 0. The fraction of sp³-hybridized carbons (Fsp3) is 0.179. The molecule has 2 amide bonds. The summed E-state index contributed by atoms with van der Waals surface area (Å²) in [5, 5.41) is 0. The van der Waals surface area contributed by atoms with Crippen LogP contribution in [0.1, 0.15) is 20.7 Å². The summed E-state index contributed by atoms with van der Waals surface area (Å²) in [4.78, 5) is 34.1. The maximum atomic E-state index is 13.4. The fourth-order valence-electron chi connectivity index (χ4n) is 4.20. The average molecular weight is 486 g/mol. The van der Waals surface area contributed by atoms with Crippen LogP contribution in [0.5, 0.6) is 5.75 Å². The molecule has 0 unspecified atom stereocenters. The zero-order valence-electron chi connectivity index (χ0n) is 19.7. The molecule has 4 aromatic rings. The zero-order chi connectivity index (χ0) is 25.1. The van der Waals surface area contributed by atoms with Gasteiger partial charge in [0.05, 0.1) is 18.9 Å². The van der Waals surface area contributed by atoms with Crippen LogP contribution in [0.3, 0.4) is 0 Å². The van der Waals surface area contributed by atoms with Crippen LogP contribution in [-0.2, 0) is 0 Å². The molecule has 2 heterocycles. The highest BCUT2D eigenvalue weighted by Crippen LogP contribution is 2.29. The first-order valence-electron chi connectivity index (χ1n) is 11.6.